The average Bonchev–Trinajstić information content (AvgIpc) is 2.59. The number of nitrogens with zero attached hydrogens (tertiary/aromatic N) is 1. The Morgan fingerprint density at radius 3 is 2.08 bits per heavy atom. The first kappa shape index (κ1) is 16.2. The molecule has 24 heavy (non-hydrogen) atoms. The largest absolute Gasteiger partial charge is 0.319 e. The van der Waals surface area contributed by atoms with Crippen molar-refractivity contribution in [3.05, 3.63) is 77.9 Å². The second kappa shape index (κ2) is 5.75. The molecule has 122 valence electrons. The highest BCUT2D eigenvalue weighted by molar-refractivity contribution is 6.22. The summed E-state index contributed by atoms with van der Waals surface area (Å²) in [6.07, 6.45) is 0. The maximum atomic E-state index is 13.4. The Bertz CT molecular complexity index is 823. The van der Waals surface area contributed by atoms with Crippen LogP contribution in [0.5, 0.6) is 0 Å². The summed E-state index contributed by atoms with van der Waals surface area (Å²) in [6.45, 7) is 9.85. The number of hydrogen-bond donors (Lipinski definition) is 0. The molecule has 1 aliphatic rings. The molecule has 3 nitrogen and oxygen atoms in total. The third-order valence-electron chi connectivity index (χ3n) is 4.77. The summed E-state index contributed by atoms with van der Waals surface area (Å²) in [5.74, 6) is -0.208. The number of carbonyl (C=O) groups is 2. The fourth-order valence-corrected chi connectivity index (χ4v) is 3.53. The first-order valence-electron chi connectivity index (χ1n) is 8.11. The predicted octanol–water partition coefficient (Wildman–Crippen LogP) is 4.21. The molecule has 1 amide bonds. The Hall–Kier alpha value is -2.68. The molecule has 0 aliphatic carbocycles. The lowest BCUT2D eigenvalue weighted by molar-refractivity contribution is 0.0433. The van der Waals surface area contributed by atoms with Gasteiger partial charge in [-0.1, -0.05) is 55.1 Å². The van der Waals surface area contributed by atoms with Gasteiger partial charge in [0, 0.05) is 11.6 Å². The molecule has 0 N–H and O–H groups in total. The summed E-state index contributed by atoms with van der Waals surface area (Å²) >= 11 is 0. The lowest BCUT2D eigenvalue weighted by Crippen LogP contribution is -2.61. The first-order chi connectivity index (χ1) is 11.4. The van der Waals surface area contributed by atoms with E-state index in [2.05, 4.69) is 6.58 Å². The van der Waals surface area contributed by atoms with Gasteiger partial charge < -0.3 is 4.90 Å². The SMILES string of the molecule is C=C(c1ccccc1)C1(C)C(=O)c2ccccc2C(=O)N1C(C)C. The number of fused-ring (bicyclic) bond motifs is 1. The molecule has 0 fully saturated rings. The molecule has 0 radical (unpaired) electrons. The van der Waals surface area contributed by atoms with Crippen LogP contribution in [0.2, 0.25) is 0 Å². The number of ketones is 1. The van der Waals surface area contributed by atoms with E-state index in [1.165, 1.54) is 0 Å². The van der Waals surface area contributed by atoms with E-state index in [1.54, 1.807) is 36.1 Å². The van der Waals surface area contributed by atoms with Crippen LogP contribution in [-0.4, -0.2) is 28.2 Å². The van der Waals surface area contributed by atoms with Gasteiger partial charge >= 0.3 is 0 Å². The number of Topliss-reactive ketones (excluding diaryl/α,β-unsaturated/α-hetero) is 1. The number of hydrogen-bond acceptors (Lipinski definition) is 2. The fraction of sp³-hybridized carbons (Fsp3) is 0.238. The van der Waals surface area contributed by atoms with Gasteiger partial charge in [0.05, 0.1) is 5.56 Å². The summed E-state index contributed by atoms with van der Waals surface area (Å²) in [7, 11) is 0. The molecule has 0 spiro atoms. The van der Waals surface area contributed by atoms with Gasteiger partial charge in [0.15, 0.2) is 5.78 Å². The van der Waals surface area contributed by atoms with Gasteiger partial charge in [0.1, 0.15) is 5.54 Å². The van der Waals surface area contributed by atoms with Gasteiger partial charge in [-0.25, -0.2) is 0 Å². The highest BCUT2D eigenvalue weighted by atomic mass is 16.2. The molecule has 0 aromatic heterocycles. The van der Waals surface area contributed by atoms with Crippen molar-refractivity contribution in [3.63, 3.8) is 0 Å². The molecule has 1 atom stereocenters. The Morgan fingerprint density at radius 1 is 0.958 bits per heavy atom. The Labute approximate surface area is 142 Å². The van der Waals surface area contributed by atoms with Crippen molar-refractivity contribution in [2.45, 2.75) is 32.4 Å². The summed E-state index contributed by atoms with van der Waals surface area (Å²) in [5.41, 5.74) is 1.35. The van der Waals surface area contributed by atoms with Gasteiger partial charge in [-0.2, -0.15) is 0 Å². The van der Waals surface area contributed by atoms with Crippen LogP contribution in [0.15, 0.2) is 61.2 Å². The van der Waals surface area contributed by atoms with Crippen LogP contribution >= 0.6 is 0 Å². The van der Waals surface area contributed by atoms with E-state index in [0.717, 1.165) is 5.56 Å². The quantitative estimate of drug-likeness (QED) is 0.850. The second-order valence-electron chi connectivity index (χ2n) is 6.56. The monoisotopic (exact) mass is 319 g/mol. The number of rotatable bonds is 3. The molecule has 0 bridgehead atoms. The van der Waals surface area contributed by atoms with Crippen LogP contribution in [0.4, 0.5) is 0 Å². The summed E-state index contributed by atoms with van der Waals surface area (Å²) in [6, 6.07) is 16.5. The van der Waals surface area contributed by atoms with Crippen LogP contribution in [0.1, 0.15) is 47.1 Å². The molecular weight excluding hydrogens is 298 g/mol. The van der Waals surface area contributed by atoms with E-state index in [1.807, 2.05) is 44.2 Å². The van der Waals surface area contributed by atoms with Crippen LogP contribution < -0.4 is 0 Å². The highest BCUT2D eigenvalue weighted by Crippen LogP contribution is 2.40. The molecule has 2 aromatic carbocycles. The molecule has 1 heterocycles. The normalized spacial score (nSPS) is 20.2. The van der Waals surface area contributed by atoms with Gasteiger partial charge in [0.2, 0.25) is 0 Å². The maximum absolute atomic E-state index is 13.4. The third-order valence-corrected chi connectivity index (χ3v) is 4.77. The minimum atomic E-state index is -1.10. The van der Waals surface area contributed by atoms with Gasteiger partial charge in [0.25, 0.3) is 5.91 Å². The standard InChI is InChI=1S/C21H21NO2/c1-14(2)22-20(24)18-13-9-8-12-17(18)19(23)21(22,4)15(3)16-10-6-5-7-11-16/h5-14H,3H2,1-2,4H3. The maximum Gasteiger partial charge on any atom is 0.255 e. The molecule has 3 rings (SSSR count). The van der Waals surface area contributed by atoms with Crippen molar-refractivity contribution < 1.29 is 9.59 Å². The van der Waals surface area contributed by atoms with E-state index >= 15 is 0 Å². The predicted molar refractivity (Wildman–Crippen MR) is 96.0 cm³/mol. The zero-order valence-corrected chi connectivity index (χ0v) is 14.2. The zero-order chi connectivity index (χ0) is 17.5. The van der Waals surface area contributed by atoms with Crippen molar-refractivity contribution in [1.82, 2.24) is 4.90 Å². The molecule has 0 saturated heterocycles. The highest BCUT2D eigenvalue weighted by Gasteiger charge is 2.51. The Kier molecular flexibility index (Phi) is 3.88. The van der Waals surface area contributed by atoms with Crippen LogP contribution in [0.3, 0.4) is 0 Å². The van der Waals surface area contributed by atoms with Crippen molar-refractivity contribution in [3.8, 4) is 0 Å². The molecule has 0 saturated carbocycles. The lowest BCUT2D eigenvalue weighted by atomic mass is 9.75. The van der Waals surface area contributed by atoms with Gasteiger partial charge in [-0.3, -0.25) is 9.59 Å². The fourth-order valence-electron chi connectivity index (χ4n) is 3.53. The minimum absolute atomic E-state index is 0.0831. The number of amides is 1. The van der Waals surface area contributed by atoms with E-state index < -0.39 is 5.54 Å². The van der Waals surface area contributed by atoms with Crippen molar-refractivity contribution in [1.29, 1.82) is 0 Å². The van der Waals surface area contributed by atoms with Crippen LogP contribution in [-0.2, 0) is 0 Å². The average molecular weight is 319 g/mol. The molecule has 1 aliphatic heterocycles. The topological polar surface area (TPSA) is 37.4 Å². The number of carbonyl (C=O) groups excluding carboxylic acids is 2. The Morgan fingerprint density at radius 2 is 1.50 bits per heavy atom. The molecule has 3 heteroatoms. The van der Waals surface area contributed by atoms with Crippen molar-refractivity contribution in [2.24, 2.45) is 0 Å². The number of benzene rings is 2. The van der Waals surface area contributed by atoms with Crippen LogP contribution in [0.25, 0.3) is 5.57 Å². The second-order valence-corrected chi connectivity index (χ2v) is 6.56. The van der Waals surface area contributed by atoms with Crippen molar-refractivity contribution >= 4 is 17.3 Å². The van der Waals surface area contributed by atoms with Gasteiger partial charge in [-0.05, 0) is 38.0 Å². The van der Waals surface area contributed by atoms with Gasteiger partial charge in [-0.15, -0.1) is 0 Å². The summed E-state index contributed by atoms with van der Waals surface area (Å²) < 4.78 is 0. The summed E-state index contributed by atoms with van der Waals surface area (Å²) in [4.78, 5) is 28.1. The zero-order valence-electron chi connectivity index (χ0n) is 14.2. The first-order valence-corrected chi connectivity index (χ1v) is 8.11. The summed E-state index contributed by atoms with van der Waals surface area (Å²) in [5, 5.41) is 0. The molecule has 2 aromatic rings. The molecular formula is C21H21NO2. The van der Waals surface area contributed by atoms with E-state index in [-0.39, 0.29) is 17.7 Å². The lowest BCUT2D eigenvalue weighted by Gasteiger charge is -2.47. The minimum Gasteiger partial charge on any atom is -0.319 e. The molecule has 1 unspecified atom stereocenters. The van der Waals surface area contributed by atoms with Crippen LogP contribution in [0, 0.1) is 0 Å². The Balaban J connectivity index is 2.22. The van der Waals surface area contributed by atoms with E-state index in [4.69, 9.17) is 0 Å². The van der Waals surface area contributed by atoms with E-state index in [9.17, 15) is 9.59 Å². The third kappa shape index (κ3) is 2.20. The van der Waals surface area contributed by atoms with Crippen molar-refractivity contribution in [2.75, 3.05) is 0 Å². The van der Waals surface area contributed by atoms with E-state index in [0.29, 0.717) is 16.7 Å². The smallest absolute Gasteiger partial charge is 0.255 e.